The second-order valence-electron chi connectivity index (χ2n) is 2.87. The fraction of sp³-hybridized carbons (Fsp3) is 0.455. The molecule has 0 saturated heterocycles. The maximum atomic E-state index is 8.63. The number of pyridine rings is 1. The van der Waals surface area contributed by atoms with Gasteiger partial charge in [-0.15, -0.1) is 0 Å². The third-order valence-electron chi connectivity index (χ3n) is 2.04. The summed E-state index contributed by atoms with van der Waals surface area (Å²) in [4.78, 5) is 4.23. The summed E-state index contributed by atoms with van der Waals surface area (Å²) < 4.78 is 0. The zero-order chi connectivity index (χ0) is 10.4. The van der Waals surface area contributed by atoms with Gasteiger partial charge in [-0.3, -0.25) is 4.98 Å². The molecule has 1 aromatic rings. The van der Waals surface area contributed by atoms with Crippen molar-refractivity contribution in [1.82, 2.24) is 10.3 Å². The largest absolute Gasteiger partial charge is 0.312 e. The molecular formula is C11H15N3. The van der Waals surface area contributed by atoms with Gasteiger partial charge < -0.3 is 5.32 Å². The van der Waals surface area contributed by atoms with Crippen molar-refractivity contribution >= 4 is 0 Å². The van der Waals surface area contributed by atoms with Gasteiger partial charge in [-0.25, -0.2) is 0 Å². The molecule has 1 N–H and O–H groups in total. The van der Waals surface area contributed by atoms with Gasteiger partial charge >= 0.3 is 0 Å². The molecule has 0 amide bonds. The first-order valence-electron chi connectivity index (χ1n) is 4.99. The highest BCUT2D eigenvalue weighted by Gasteiger charge is 2.09. The minimum atomic E-state index is 0.650. The first kappa shape index (κ1) is 10.7. The van der Waals surface area contributed by atoms with E-state index in [1.165, 1.54) is 5.56 Å². The molecule has 1 aromatic heterocycles. The highest BCUT2D eigenvalue weighted by atomic mass is 14.9. The van der Waals surface area contributed by atoms with Gasteiger partial charge in [0.05, 0.1) is 5.56 Å². The molecular weight excluding hydrogens is 174 g/mol. The van der Waals surface area contributed by atoms with E-state index in [2.05, 4.69) is 16.4 Å². The second-order valence-corrected chi connectivity index (χ2v) is 2.87. The van der Waals surface area contributed by atoms with Crippen LogP contribution in [0.1, 0.15) is 30.7 Å². The lowest BCUT2D eigenvalue weighted by molar-refractivity contribution is 0.630. The highest BCUT2D eigenvalue weighted by molar-refractivity contribution is 5.33. The van der Waals surface area contributed by atoms with Crippen LogP contribution in [-0.4, -0.2) is 11.5 Å². The van der Waals surface area contributed by atoms with Crippen molar-refractivity contribution < 1.29 is 0 Å². The molecule has 0 unspecified atom stereocenters. The first-order chi connectivity index (χ1) is 6.90. The third-order valence-corrected chi connectivity index (χ3v) is 2.04. The Kier molecular flexibility index (Phi) is 4.09. The van der Waals surface area contributed by atoms with Crippen LogP contribution < -0.4 is 5.32 Å². The molecule has 74 valence electrons. The summed E-state index contributed by atoms with van der Waals surface area (Å²) in [6.45, 7) is 5.84. The van der Waals surface area contributed by atoms with Gasteiger partial charge in [-0.2, -0.15) is 5.26 Å². The Morgan fingerprint density at radius 1 is 1.50 bits per heavy atom. The summed E-state index contributed by atoms with van der Waals surface area (Å²) in [5, 5.41) is 11.9. The van der Waals surface area contributed by atoms with Gasteiger partial charge in [0.1, 0.15) is 6.07 Å². The smallest absolute Gasteiger partial charge is 0.101 e. The van der Waals surface area contributed by atoms with Gasteiger partial charge in [0.25, 0.3) is 0 Å². The maximum absolute atomic E-state index is 8.63. The van der Waals surface area contributed by atoms with E-state index in [0.717, 1.165) is 25.2 Å². The molecule has 3 heteroatoms. The van der Waals surface area contributed by atoms with Crippen molar-refractivity contribution in [2.75, 3.05) is 6.54 Å². The highest BCUT2D eigenvalue weighted by Crippen LogP contribution is 2.11. The summed E-state index contributed by atoms with van der Waals surface area (Å²) in [5.41, 5.74) is 2.95. The predicted octanol–water partition coefficient (Wildman–Crippen LogP) is 1.63. The lowest BCUT2D eigenvalue weighted by atomic mass is 10.1. The summed E-state index contributed by atoms with van der Waals surface area (Å²) in [6, 6.07) is 4.00. The van der Waals surface area contributed by atoms with Crippen LogP contribution in [0.15, 0.2) is 12.3 Å². The quantitative estimate of drug-likeness (QED) is 0.674. The van der Waals surface area contributed by atoms with E-state index in [1.54, 1.807) is 6.20 Å². The van der Waals surface area contributed by atoms with Crippen molar-refractivity contribution in [3.8, 4) is 6.07 Å². The predicted molar refractivity (Wildman–Crippen MR) is 55.7 cm³/mol. The van der Waals surface area contributed by atoms with E-state index >= 15 is 0 Å². The summed E-state index contributed by atoms with van der Waals surface area (Å²) in [7, 11) is 0. The number of nitrogens with one attached hydrogen (secondary N) is 1. The zero-order valence-electron chi connectivity index (χ0n) is 8.67. The van der Waals surface area contributed by atoms with E-state index in [1.807, 2.05) is 19.9 Å². The van der Waals surface area contributed by atoms with Crippen LogP contribution in [0.5, 0.6) is 0 Å². The van der Waals surface area contributed by atoms with E-state index in [0.29, 0.717) is 5.56 Å². The number of hydrogen-bond donors (Lipinski definition) is 1. The van der Waals surface area contributed by atoms with Crippen LogP contribution in [0.25, 0.3) is 0 Å². The van der Waals surface area contributed by atoms with Gasteiger partial charge in [0.2, 0.25) is 0 Å². The Balaban J connectivity index is 0.000000461. The fourth-order valence-electron chi connectivity index (χ4n) is 1.41. The lowest BCUT2D eigenvalue weighted by Crippen LogP contribution is -2.24. The molecule has 2 rings (SSSR count). The van der Waals surface area contributed by atoms with Gasteiger partial charge in [-0.05, 0) is 11.6 Å². The van der Waals surface area contributed by atoms with E-state index in [4.69, 9.17) is 5.26 Å². The molecule has 2 heterocycles. The summed E-state index contributed by atoms with van der Waals surface area (Å²) in [5.74, 6) is 0. The van der Waals surface area contributed by atoms with Gasteiger partial charge in [-0.1, -0.05) is 13.8 Å². The van der Waals surface area contributed by atoms with Crippen molar-refractivity contribution in [2.45, 2.75) is 26.8 Å². The Morgan fingerprint density at radius 3 is 3.00 bits per heavy atom. The van der Waals surface area contributed by atoms with Crippen molar-refractivity contribution in [2.24, 2.45) is 0 Å². The number of nitriles is 1. The normalized spacial score (nSPS) is 13.2. The summed E-state index contributed by atoms with van der Waals surface area (Å²) in [6.07, 6.45) is 2.62. The second kappa shape index (κ2) is 5.36. The molecule has 14 heavy (non-hydrogen) atoms. The maximum Gasteiger partial charge on any atom is 0.101 e. The Labute approximate surface area is 84.8 Å². The molecule has 1 aliphatic rings. The van der Waals surface area contributed by atoms with Crippen LogP contribution in [0.4, 0.5) is 0 Å². The Bertz CT molecular complexity index is 339. The lowest BCUT2D eigenvalue weighted by Gasteiger charge is -2.15. The van der Waals surface area contributed by atoms with Crippen molar-refractivity contribution in [3.05, 3.63) is 29.1 Å². The van der Waals surface area contributed by atoms with E-state index < -0.39 is 0 Å². The number of nitrogens with zero attached hydrogens (tertiary/aromatic N) is 2. The molecule has 0 saturated carbocycles. The average Bonchev–Trinajstić information content (AvgIpc) is 2.31. The van der Waals surface area contributed by atoms with Gasteiger partial charge in [0.15, 0.2) is 0 Å². The number of aromatic nitrogens is 1. The first-order valence-corrected chi connectivity index (χ1v) is 4.99. The minimum absolute atomic E-state index is 0.650. The molecule has 0 radical (unpaired) electrons. The Hall–Kier alpha value is -1.40. The monoisotopic (exact) mass is 189 g/mol. The van der Waals surface area contributed by atoms with Crippen LogP contribution >= 0.6 is 0 Å². The average molecular weight is 189 g/mol. The molecule has 0 spiro atoms. The van der Waals surface area contributed by atoms with E-state index in [9.17, 15) is 0 Å². The Morgan fingerprint density at radius 2 is 2.29 bits per heavy atom. The zero-order valence-corrected chi connectivity index (χ0v) is 8.67. The molecule has 3 nitrogen and oxygen atoms in total. The molecule has 0 bridgehead atoms. The molecule has 0 aromatic carbocycles. The molecule has 0 aliphatic carbocycles. The van der Waals surface area contributed by atoms with Crippen LogP contribution in [-0.2, 0) is 13.0 Å². The van der Waals surface area contributed by atoms with Crippen LogP contribution in [0.3, 0.4) is 0 Å². The number of fused-ring (bicyclic) bond motifs is 1. The van der Waals surface area contributed by atoms with Crippen molar-refractivity contribution in [3.63, 3.8) is 0 Å². The molecule has 0 fully saturated rings. The number of rotatable bonds is 0. The SMILES string of the molecule is CC.N#Cc1cnc2c(c1)CNCC2. The van der Waals surface area contributed by atoms with E-state index in [-0.39, 0.29) is 0 Å². The van der Waals surface area contributed by atoms with Crippen LogP contribution in [0.2, 0.25) is 0 Å². The summed E-state index contributed by atoms with van der Waals surface area (Å²) >= 11 is 0. The fourth-order valence-corrected chi connectivity index (χ4v) is 1.41. The number of hydrogen-bond acceptors (Lipinski definition) is 3. The minimum Gasteiger partial charge on any atom is -0.312 e. The third kappa shape index (κ3) is 2.30. The topological polar surface area (TPSA) is 48.7 Å². The standard InChI is InChI=1S/C9H9N3.C2H6/c10-4-7-3-8-6-11-2-1-9(8)12-5-7;1-2/h3,5,11H,1-2,6H2;1-2H3. The molecule has 0 atom stereocenters. The van der Waals surface area contributed by atoms with Crippen molar-refractivity contribution in [1.29, 1.82) is 5.26 Å². The van der Waals surface area contributed by atoms with Gasteiger partial charge in [0, 0.05) is 31.4 Å². The van der Waals surface area contributed by atoms with Crippen LogP contribution in [0, 0.1) is 11.3 Å². The molecule has 1 aliphatic heterocycles.